The zero-order valence-corrected chi connectivity index (χ0v) is 12.9. The van der Waals surface area contributed by atoms with E-state index >= 15 is 0 Å². The van der Waals surface area contributed by atoms with Gasteiger partial charge >= 0.3 is 12.0 Å². The monoisotopic (exact) mass is 318 g/mol. The van der Waals surface area contributed by atoms with Crippen molar-refractivity contribution in [2.75, 3.05) is 5.32 Å². The maximum absolute atomic E-state index is 11.8. The highest BCUT2D eigenvalue weighted by molar-refractivity contribution is 6.36. The van der Waals surface area contributed by atoms with Crippen molar-refractivity contribution in [2.45, 2.75) is 32.7 Å². The third-order valence-corrected chi connectivity index (χ3v) is 3.26. The van der Waals surface area contributed by atoms with Gasteiger partial charge in [-0.25, -0.2) is 4.79 Å². The van der Waals surface area contributed by atoms with Crippen molar-refractivity contribution in [1.29, 1.82) is 0 Å². The highest BCUT2D eigenvalue weighted by Gasteiger charge is 2.24. The molecule has 20 heavy (non-hydrogen) atoms. The number of carbonyl (C=O) groups is 2. The first-order valence-corrected chi connectivity index (χ1v) is 6.63. The van der Waals surface area contributed by atoms with Gasteiger partial charge in [0.1, 0.15) is 0 Å². The van der Waals surface area contributed by atoms with Crippen LogP contribution in [0.2, 0.25) is 10.0 Å². The van der Waals surface area contributed by atoms with Crippen LogP contribution in [0.1, 0.15) is 25.8 Å². The summed E-state index contributed by atoms with van der Waals surface area (Å²) >= 11 is 12.0. The van der Waals surface area contributed by atoms with Crippen molar-refractivity contribution in [1.82, 2.24) is 5.32 Å². The minimum absolute atomic E-state index is 0.192. The Balaban J connectivity index is 2.77. The van der Waals surface area contributed by atoms with Gasteiger partial charge in [0.05, 0.1) is 17.1 Å². The van der Waals surface area contributed by atoms with Crippen LogP contribution in [0.25, 0.3) is 0 Å². The van der Waals surface area contributed by atoms with Crippen LogP contribution in [0.15, 0.2) is 12.1 Å². The van der Waals surface area contributed by atoms with Gasteiger partial charge in [0.15, 0.2) is 0 Å². The number of anilines is 1. The van der Waals surface area contributed by atoms with E-state index in [2.05, 4.69) is 10.6 Å². The predicted octanol–water partition coefficient (Wildman–Crippen LogP) is 3.68. The van der Waals surface area contributed by atoms with E-state index in [4.69, 9.17) is 28.3 Å². The number of carbonyl (C=O) groups excluding carboxylic acids is 1. The Labute approximate surface area is 127 Å². The Morgan fingerprint density at radius 1 is 1.25 bits per heavy atom. The van der Waals surface area contributed by atoms with Crippen LogP contribution in [0.4, 0.5) is 10.5 Å². The molecule has 0 radical (unpaired) electrons. The molecule has 0 aliphatic rings. The number of benzene rings is 1. The fourth-order valence-electron chi connectivity index (χ4n) is 1.63. The van der Waals surface area contributed by atoms with Crippen molar-refractivity contribution >= 4 is 40.9 Å². The third-order valence-electron chi connectivity index (χ3n) is 2.54. The van der Waals surface area contributed by atoms with E-state index in [1.165, 1.54) is 0 Å². The third kappa shape index (κ3) is 4.90. The van der Waals surface area contributed by atoms with Crippen LogP contribution in [-0.2, 0) is 4.79 Å². The van der Waals surface area contributed by atoms with Gasteiger partial charge in [0.2, 0.25) is 0 Å². The van der Waals surface area contributed by atoms with E-state index in [9.17, 15) is 9.59 Å². The van der Waals surface area contributed by atoms with Crippen molar-refractivity contribution < 1.29 is 14.7 Å². The molecule has 7 heteroatoms. The lowest BCUT2D eigenvalue weighted by molar-refractivity contribution is -0.138. The number of urea groups is 1. The topological polar surface area (TPSA) is 78.4 Å². The summed E-state index contributed by atoms with van der Waals surface area (Å²) in [7, 11) is 0. The summed E-state index contributed by atoms with van der Waals surface area (Å²) in [6.07, 6.45) is -0.192. The second kappa shape index (κ2) is 6.33. The first-order chi connectivity index (χ1) is 9.10. The van der Waals surface area contributed by atoms with Gasteiger partial charge in [-0.05, 0) is 38.5 Å². The number of amides is 2. The molecule has 0 aliphatic carbocycles. The SMILES string of the molecule is Cc1cc(Cl)c(NC(=O)NC(C)(C)CC(=O)O)cc1Cl. The van der Waals surface area contributed by atoms with Crippen LogP contribution in [0.3, 0.4) is 0 Å². The zero-order valence-electron chi connectivity index (χ0n) is 11.4. The summed E-state index contributed by atoms with van der Waals surface area (Å²) in [5, 5.41) is 14.7. The standard InChI is InChI=1S/C13H16Cl2N2O3/c1-7-4-9(15)10(5-8(7)14)16-12(20)17-13(2,3)6-11(18)19/h4-5H,6H2,1-3H3,(H,18,19)(H2,16,17,20). The van der Waals surface area contributed by atoms with Gasteiger partial charge in [-0.2, -0.15) is 0 Å². The molecular weight excluding hydrogens is 303 g/mol. The molecule has 3 N–H and O–H groups in total. The van der Waals surface area contributed by atoms with E-state index in [-0.39, 0.29) is 6.42 Å². The molecule has 1 aromatic carbocycles. The molecule has 0 fully saturated rings. The van der Waals surface area contributed by atoms with Gasteiger partial charge in [0.25, 0.3) is 0 Å². The van der Waals surface area contributed by atoms with Gasteiger partial charge < -0.3 is 15.7 Å². The summed E-state index contributed by atoms with van der Waals surface area (Å²) in [5.41, 5.74) is 0.288. The minimum atomic E-state index is -0.994. The first kappa shape index (κ1) is 16.6. The van der Waals surface area contributed by atoms with E-state index in [0.717, 1.165) is 5.56 Å². The normalized spacial score (nSPS) is 11.1. The molecule has 0 unspecified atom stereocenters. The van der Waals surface area contributed by atoms with Crippen LogP contribution in [0, 0.1) is 6.92 Å². The molecule has 2 amide bonds. The molecule has 5 nitrogen and oxygen atoms in total. The summed E-state index contributed by atoms with van der Waals surface area (Å²) in [6, 6.07) is 2.64. The fraction of sp³-hybridized carbons (Fsp3) is 0.385. The molecule has 0 heterocycles. The number of aryl methyl sites for hydroxylation is 1. The molecular formula is C13H16Cl2N2O3. The van der Waals surface area contributed by atoms with Crippen LogP contribution in [-0.4, -0.2) is 22.6 Å². The van der Waals surface area contributed by atoms with Gasteiger partial charge in [-0.3, -0.25) is 4.79 Å². The molecule has 0 saturated carbocycles. The lowest BCUT2D eigenvalue weighted by Crippen LogP contribution is -2.46. The predicted molar refractivity (Wildman–Crippen MR) is 79.7 cm³/mol. The van der Waals surface area contributed by atoms with Crippen LogP contribution >= 0.6 is 23.2 Å². The first-order valence-electron chi connectivity index (χ1n) is 5.87. The number of aliphatic carboxylic acids is 1. The molecule has 1 rings (SSSR count). The Morgan fingerprint density at radius 3 is 2.40 bits per heavy atom. The Hall–Kier alpha value is -1.46. The summed E-state index contributed by atoms with van der Waals surface area (Å²) in [6.45, 7) is 5.03. The maximum Gasteiger partial charge on any atom is 0.319 e. The highest BCUT2D eigenvalue weighted by atomic mass is 35.5. The molecule has 110 valence electrons. The molecule has 1 aromatic rings. The summed E-state index contributed by atoms with van der Waals surface area (Å²) < 4.78 is 0. The lowest BCUT2D eigenvalue weighted by atomic mass is 10.0. The largest absolute Gasteiger partial charge is 0.481 e. The van der Waals surface area contributed by atoms with Crippen LogP contribution < -0.4 is 10.6 Å². The summed E-state index contributed by atoms with van der Waals surface area (Å²) in [5.74, 6) is -0.994. The average molecular weight is 319 g/mol. The van der Waals surface area contributed by atoms with Gasteiger partial charge in [0, 0.05) is 10.6 Å². The maximum atomic E-state index is 11.8. The Kier molecular flexibility index (Phi) is 5.25. The smallest absolute Gasteiger partial charge is 0.319 e. The number of nitrogens with one attached hydrogen (secondary N) is 2. The number of halogens is 2. The lowest BCUT2D eigenvalue weighted by Gasteiger charge is -2.24. The van der Waals surface area contributed by atoms with E-state index in [0.29, 0.717) is 15.7 Å². The highest BCUT2D eigenvalue weighted by Crippen LogP contribution is 2.28. The number of hydrogen-bond acceptors (Lipinski definition) is 2. The Morgan fingerprint density at radius 2 is 1.85 bits per heavy atom. The van der Waals surface area contributed by atoms with Crippen molar-refractivity contribution in [3.05, 3.63) is 27.7 Å². The average Bonchev–Trinajstić information content (AvgIpc) is 2.22. The second-order valence-electron chi connectivity index (χ2n) is 5.11. The van der Waals surface area contributed by atoms with Crippen molar-refractivity contribution in [3.63, 3.8) is 0 Å². The second-order valence-corrected chi connectivity index (χ2v) is 5.93. The fourth-order valence-corrected chi connectivity index (χ4v) is 2.05. The van der Waals surface area contributed by atoms with Crippen LogP contribution in [0.5, 0.6) is 0 Å². The molecule has 0 aromatic heterocycles. The number of hydrogen-bond donors (Lipinski definition) is 3. The molecule has 0 bridgehead atoms. The van der Waals surface area contributed by atoms with E-state index < -0.39 is 17.5 Å². The zero-order chi connectivity index (χ0) is 15.5. The number of carboxylic acid groups (broad SMARTS) is 1. The number of rotatable bonds is 4. The molecule has 0 spiro atoms. The minimum Gasteiger partial charge on any atom is -0.481 e. The molecule has 0 saturated heterocycles. The van der Waals surface area contributed by atoms with E-state index in [1.54, 1.807) is 32.9 Å². The van der Waals surface area contributed by atoms with Gasteiger partial charge in [-0.15, -0.1) is 0 Å². The summed E-state index contributed by atoms with van der Waals surface area (Å²) in [4.78, 5) is 22.5. The van der Waals surface area contributed by atoms with Crippen molar-refractivity contribution in [3.8, 4) is 0 Å². The molecule has 0 aliphatic heterocycles. The quantitative estimate of drug-likeness (QED) is 0.792. The van der Waals surface area contributed by atoms with Crippen molar-refractivity contribution in [2.24, 2.45) is 0 Å². The Bertz CT molecular complexity index is 545. The van der Waals surface area contributed by atoms with E-state index in [1.807, 2.05) is 0 Å². The van der Waals surface area contributed by atoms with Gasteiger partial charge in [-0.1, -0.05) is 23.2 Å². The molecule has 0 atom stereocenters. The number of carboxylic acids is 1.